The minimum atomic E-state index is -0.0463. The second-order valence-corrected chi connectivity index (χ2v) is 2.46. The van der Waals surface area contributed by atoms with E-state index in [1.165, 1.54) is 0 Å². The molecule has 1 unspecified atom stereocenters. The first-order valence-corrected chi connectivity index (χ1v) is 2.92. The number of ketones is 1. The van der Waals surface area contributed by atoms with E-state index in [9.17, 15) is 4.79 Å². The van der Waals surface area contributed by atoms with Crippen LogP contribution in [0.2, 0.25) is 0 Å². The van der Waals surface area contributed by atoms with E-state index < -0.39 is 0 Å². The van der Waals surface area contributed by atoms with Crippen LogP contribution in [0.4, 0.5) is 0 Å². The number of hydrogen-bond acceptors (Lipinski definition) is 1. The lowest BCUT2D eigenvalue weighted by atomic mass is 9.99. The summed E-state index contributed by atoms with van der Waals surface area (Å²) in [6.07, 6.45) is 0. The smallest absolute Gasteiger partial charge is 0.108 e. The maximum Gasteiger partial charge on any atom is 0.108 e. The van der Waals surface area contributed by atoms with Crippen LogP contribution >= 0.6 is 0 Å². The molecule has 0 N–H and O–H groups in total. The summed E-state index contributed by atoms with van der Waals surface area (Å²) >= 11 is 0. The molecule has 0 spiro atoms. The second kappa shape index (κ2) is 2.85. The van der Waals surface area contributed by atoms with Gasteiger partial charge in [-0.25, -0.2) is 0 Å². The van der Waals surface area contributed by atoms with Crippen molar-refractivity contribution < 1.29 is 4.79 Å². The molecule has 0 saturated carbocycles. The molecule has 0 aromatic rings. The molecule has 0 rings (SSSR count). The summed E-state index contributed by atoms with van der Waals surface area (Å²) in [5, 5.41) is 0. The van der Waals surface area contributed by atoms with Crippen LogP contribution in [0.15, 0.2) is 0 Å². The largest absolute Gasteiger partial charge is 0.333 e. The summed E-state index contributed by atoms with van der Waals surface area (Å²) < 4.78 is 0. The summed E-state index contributed by atoms with van der Waals surface area (Å²) in [6, 6.07) is 0. The lowest BCUT2D eigenvalue weighted by Crippen LogP contribution is -2.13. The molecule has 0 aromatic carbocycles. The SMILES string of the molecule is [CH2-]C(C)C(=O)C(C)C. The Bertz CT molecular complexity index is 72.4. The van der Waals surface area contributed by atoms with E-state index in [2.05, 4.69) is 6.92 Å². The normalized spacial score (nSPS) is 14.1. The maximum atomic E-state index is 10.8. The first-order valence-electron chi connectivity index (χ1n) is 2.92. The van der Waals surface area contributed by atoms with E-state index in [0.717, 1.165) is 0 Å². The van der Waals surface area contributed by atoms with Crippen molar-refractivity contribution in [1.82, 2.24) is 0 Å². The third-order valence-electron chi connectivity index (χ3n) is 1.05. The summed E-state index contributed by atoms with van der Waals surface area (Å²) in [4.78, 5) is 10.8. The van der Waals surface area contributed by atoms with Crippen LogP contribution in [0, 0.1) is 18.8 Å². The van der Waals surface area contributed by atoms with Crippen LogP contribution in [0.3, 0.4) is 0 Å². The van der Waals surface area contributed by atoms with Crippen molar-refractivity contribution in [2.45, 2.75) is 20.8 Å². The lowest BCUT2D eigenvalue weighted by molar-refractivity contribution is -0.124. The van der Waals surface area contributed by atoms with E-state index in [0.29, 0.717) is 0 Å². The zero-order chi connectivity index (χ0) is 6.73. The number of Topliss-reactive ketones (excluding diaryl/α,β-unsaturated/α-hetero) is 1. The predicted octanol–water partition coefficient (Wildman–Crippen LogP) is 1.68. The van der Waals surface area contributed by atoms with Gasteiger partial charge >= 0.3 is 0 Å². The first kappa shape index (κ1) is 7.67. The van der Waals surface area contributed by atoms with Gasteiger partial charge in [0, 0.05) is 5.92 Å². The van der Waals surface area contributed by atoms with Crippen LogP contribution < -0.4 is 0 Å². The maximum absolute atomic E-state index is 10.8. The Morgan fingerprint density at radius 1 is 1.38 bits per heavy atom. The van der Waals surface area contributed by atoms with Crippen molar-refractivity contribution >= 4 is 5.78 Å². The van der Waals surface area contributed by atoms with Gasteiger partial charge in [-0.1, -0.05) is 20.8 Å². The average molecular weight is 113 g/mol. The summed E-state index contributed by atoms with van der Waals surface area (Å²) in [7, 11) is 0. The number of carbonyl (C=O) groups is 1. The van der Waals surface area contributed by atoms with Crippen molar-refractivity contribution in [2.24, 2.45) is 11.8 Å². The molecule has 1 nitrogen and oxygen atoms in total. The van der Waals surface area contributed by atoms with Crippen LogP contribution in [0.1, 0.15) is 20.8 Å². The van der Waals surface area contributed by atoms with Gasteiger partial charge in [-0.05, 0) is 0 Å². The van der Waals surface area contributed by atoms with Crippen LogP contribution in [0.25, 0.3) is 0 Å². The topological polar surface area (TPSA) is 17.1 Å². The van der Waals surface area contributed by atoms with Crippen LogP contribution in [-0.4, -0.2) is 5.78 Å². The molecule has 0 amide bonds. The fraction of sp³-hybridized carbons (Fsp3) is 0.714. The highest BCUT2D eigenvalue weighted by molar-refractivity contribution is 5.82. The van der Waals surface area contributed by atoms with Crippen LogP contribution in [0.5, 0.6) is 0 Å². The predicted molar refractivity (Wildman–Crippen MR) is 34.4 cm³/mol. The fourth-order valence-electron chi connectivity index (χ4n) is 0.569. The minimum absolute atomic E-state index is 0.0463. The van der Waals surface area contributed by atoms with E-state index in [-0.39, 0.29) is 17.6 Å². The van der Waals surface area contributed by atoms with Crippen molar-refractivity contribution in [1.29, 1.82) is 0 Å². The Morgan fingerprint density at radius 3 is 1.75 bits per heavy atom. The van der Waals surface area contributed by atoms with Crippen molar-refractivity contribution in [3.8, 4) is 0 Å². The van der Waals surface area contributed by atoms with Crippen LogP contribution in [-0.2, 0) is 4.79 Å². The van der Waals surface area contributed by atoms with Gasteiger partial charge in [0.05, 0.1) is 0 Å². The molecule has 0 aliphatic rings. The molecule has 0 aliphatic carbocycles. The molecular weight excluding hydrogens is 100 g/mol. The van der Waals surface area contributed by atoms with Gasteiger partial charge in [-0.3, -0.25) is 0 Å². The Kier molecular flexibility index (Phi) is 2.74. The summed E-state index contributed by atoms with van der Waals surface area (Å²) in [5.74, 6) is 0.336. The summed E-state index contributed by atoms with van der Waals surface area (Å²) in [6.45, 7) is 9.22. The molecule has 8 heavy (non-hydrogen) atoms. The second-order valence-electron chi connectivity index (χ2n) is 2.46. The molecule has 1 atom stereocenters. The highest BCUT2D eigenvalue weighted by atomic mass is 16.1. The Labute approximate surface area is 51.1 Å². The number of carbonyl (C=O) groups excluding carboxylic acids is 1. The first-order chi connectivity index (χ1) is 3.55. The highest BCUT2D eigenvalue weighted by Gasteiger charge is 2.04. The standard InChI is InChI=1S/C7H13O/c1-5(2)7(8)6(3)4/h5-6H,1H2,2-4H3/q-1. The lowest BCUT2D eigenvalue weighted by Gasteiger charge is -2.11. The van der Waals surface area contributed by atoms with Gasteiger partial charge in [-0.15, -0.1) is 5.92 Å². The average Bonchev–Trinajstić information content (AvgIpc) is 1.64. The van der Waals surface area contributed by atoms with Gasteiger partial charge in [0.25, 0.3) is 0 Å². The molecule has 0 saturated heterocycles. The van der Waals surface area contributed by atoms with Gasteiger partial charge in [0.1, 0.15) is 5.78 Å². The monoisotopic (exact) mass is 113 g/mol. The molecule has 0 aliphatic heterocycles. The molecule has 48 valence electrons. The highest BCUT2D eigenvalue weighted by Crippen LogP contribution is 2.03. The van der Waals surface area contributed by atoms with E-state index in [1.54, 1.807) is 0 Å². The molecule has 0 fully saturated rings. The molecule has 0 bridgehead atoms. The van der Waals surface area contributed by atoms with Gasteiger partial charge in [-0.2, -0.15) is 0 Å². The molecule has 0 radical (unpaired) electrons. The van der Waals surface area contributed by atoms with E-state index in [1.807, 2.05) is 20.8 Å². The van der Waals surface area contributed by atoms with Crippen molar-refractivity contribution in [2.75, 3.05) is 0 Å². The number of hydrogen-bond donors (Lipinski definition) is 0. The third-order valence-corrected chi connectivity index (χ3v) is 1.05. The Balaban J connectivity index is 3.65. The Hall–Kier alpha value is -0.330. The third kappa shape index (κ3) is 2.10. The van der Waals surface area contributed by atoms with Crippen molar-refractivity contribution in [3.63, 3.8) is 0 Å². The molecule has 1 heteroatoms. The van der Waals surface area contributed by atoms with Gasteiger partial charge < -0.3 is 11.7 Å². The van der Waals surface area contributed by atoms with E-state index >= 15 is 0 Å². The van der Waals surface area contributed by atoms with Gasteiger partial charge in [0.2, 0.25) is 0 Å². The minimum Gasteiger partial charge on any atom is -0.333 e. The number of rotatable bonds is 2. The van der Waals surface area contributed by atoms with E-state index in [4.69, 9.17) is 0 Å². The van der Waals surface area contributed by atoms with Crippen molar-refractivity contribution in [3.05, 3.63) is 6.92 Å². The molecule has 0 heterocycles. The quantitative estimate of drug-likeness (QED) is 0.498. The Morgan fingerprint density at radius 2 is 1.75 bits per heavy atom. The van der Waals surface area contributed by atoms with Gasteiger partial charge in [0.15, 0.2) is 0 Å². The molecule has 0 aromatic heterocycles. The zero-order valence-corrected chi connectivity index (χ0v) is 5.77. The molecular formula is C7H13O-. The fourth-order valence-corrected chi connectivity index (χ4v) is 0.569. The zero-order valence-electron chi connectivity index (χ0n) is 5.77. The summed E-state index contributed by atoms with van der Waals surface area (Å²) in [5.41, 5.74) is 0.